The second kappa shape index (κ2) is 5.41. The highest BCUT2D eigenvalue weighted by Gasteiger charge is 2.29. The SMILES string of the molecule is O=C(NCl)C1CCC(C(=O)NCl)CC1. The Labute approximate surface area is 92.5 Å². The minimum atomic E-state index is -0.156. The Kier molecular flexibility index (Phi) is 4.48. The summed E-state index contributed by atoms with van der Waals surface area (Å²) in [7, 11) is 0. The van der Waals surface area contributed by atoms with E-state index in [0.717, 1.165) is 0 Å². The first-order valence-corrected chi connectivity index (χ1v) is 5.25. The summed E-state index contributed by atoms with van der Waals surface area (Å²) in [4.78, 5) is 26.5. The number of nitrogens with one attached hydrogen (secondary N) is 2. The molecule has 2 amide bonds. The van der Waals surface area contributed by atoms with Crippen molar-refractivity contribution in [1.82, 2.24) is 9.67 Å². The smallest absolute Gasteiger partial charge is 0.237 e. The predicted molar refractivity (Wildman–Crippen MR) is 53.4 cm³/mol. The zero-order valence-corrected chi connectivity index (χ0v) is 9.07. The summed E-state index contributed by atoms with van der Waals surface area (Å²) in [5, 5.41) is 0. The summed E-state index contributed by atoms with van der Waals surface area (Å²) in [6.45, 7) is 0. The van der Waals surface area contributed by atoms with Crippen LogP contribution >= 0.6 is 23.6 Å². The fourth-order valence-corrected chi connectivity index (χ4v) is 2.08. The van der Waals surface area contributed by atoms with Crippen LogP contribution in [0.25, 0.3) is 0 Å². The molecule has 4 nitrogen and oxygen atoms in total. The van der Waals surface area contributed by atoms with Crippen LogP contribution in [-0.2, 0) is 9.59 Å². The fourth-order valence-electron chi connectivity index (χ4n) is 1.77. The van der Waals surface area contributed by atoms with Crippen molar-refractivity contribution < 1.29 is 9.59 Å². The van der Waals surface area contributed by atoms with E-state index in [1.54, 1.807) is 0 Å². The predicted octanol–water partition coefficient (Wildman–Crippen LogP) is 1.33. The minimum absolute atomic E-state index is 0.0631. The van der Waals surface area contributed by atoms with Gasteiger partial charge in [0.15, 0.2) is 0 Å². The molecule has 0 spiro atoms. The Morgan fingerprint density at radius 1 is 0.857 bits per heavy atom. The van der Waals surface area contributed by atoms with E-state index < -0.39 is 0 Å². The summed E-state index contributed by atoms with van der Waals surface area (Å²) >= 11 is 10.4. The van der Waals surface area contributed by atoms with Crippen molar-refractivity contribution in [2.24, 2.45) is 11.8 Å². The zero-order chi connectivity index (χ0) is 10.6. The minimum Gasteiger partial charge on any atom is -0.273 e. The number of halogens is 2. The molecule has 14 heavy (non-hydrogen) atoms. The molecule has 0 aromatic rings. The van der Waals surface area contributed by atoms with E-state index in [1.165, 1.54) is 0 Å². The van der Waals surface area contributed by atoms with Crippen LogP contribution in [-0.4, -0.2) is 11.8 Å². The van der Waals surface area contributed by atoms with Crippen LogP contribution in [0.4, 0.5) is 0 Å². The van der Waals surface area contributed by atoms with Crippen molar-refractivity contribution in [1.29, 1.82) is 0 Å². The average Bonchev–Trinajstić information content (AvgIpc) is 2.27. The fraction of sp³-hybridized carbons (Fsp3) is 0.750. The Morgan fingerprint density at radius 3 is 1.36 bits per heavy atom. The van der Waals surface area contributed by atoms with Gasteiger partial charge in [-0.1, -0.05) is 0 Å². The van der Waals surface area contributed by atoms with Gasteiger partial charge in [0.1, 0.15) is 0 Å². The van der Waals surface area contributed by atoms with E-state index in [2.05, 4.69) is 9.67 Å². The second-order valence-electron chi connectivity index (χ2n) is 3.47. The van der Waals surface area contributed by atoms with Gasteiger partial charge >= 0.3 is 0 Å². The van der Waals surface area contributed by atoms with E-state index in [9.17, 15) is 9.59 Å². The lowest BCUT2D eigenvalue weighted by molar-refractivity contribution is -0.128. The lowest BCUT2D eigenvalue weighted by Crippen LogP contribution is -2.32. The zero-order valence-electron chi connectivity index (χ0n) is 7.56. The molecule has 0 aromatic carbocycles. The molecule has 0 atom stereocenters. The van der Waals surface area contributed by atoms with Gasteiger partial charge in [-0.25, -0.2) is 0 Å². The Hall–Kier alpha value is -0.480. The van der Waals surface area contributed by atoms with Crippen LogP contribution in [0.2, 0.25) is 0 Å². The van der Waals surface area contributed by atoms with E-state index in [1.807, 2.05) is 0 Å². The van der Waals surface area contributed by atoms with E-state index in [-0.39, 0.29) is 23.7 Å². The molecule has 1 fully saturated rings. The van der Waals surface area contributed by atoms with Crippen molar-refractivity contribution in [2.75, 3.05) is 0 Å². The lowest BCUT2D eigenvalue weighted by Gasteiger charge is -2.25. The van der Waals surface area contributed by atoms with Gasteiger partial charge in [-0.15, -0.1) is 0 Å². The molecule has 6 heteroatoms. The summed E-state index contributed by atoms with van der Waals surface area (Å²) in [6.07, 6.45) is 2.75. The molecule has 1 aliphatic carbocycles. The van der Waals surface area contributed by atoms with Gasteiger partial charge in [-0.2, -0.15) is 0 Å². The largest absolute Gasteiger partial charge is 0.273 e. The van der Waals surface area contributed by atoms with Crippen molar-refractivity contribution >= 4 is 35.4 Å². The third-order valence-corrected chi connectivity index (χ3v) is 3.03. The summed E-state index contributed by atoms with van der Waals surface area (Å²) in [5.74, 6) is -0.438. The molecule has 0 heterocycles. The van der Waals surface area contributed by atoms with Crippen molar-refractivity contribution in [2.45, 2.75) is 25.7 Å². The maximum atomic E-state index is 11.1. The van der Waals surface area contributed by atoms with Crippen molar-refractivity contribution in [3.63, 3.8) is 0 Å². The monoisotopic (exact) mass is 238 g/mol. The van der Waals surface area contributed by atoms with Gasteiger partial charge < -0.3 is 0 Å². The third kappa shape index (κ3) is 2.75. The van der Waals surface area contributed by atoms with Gasteiger partial charge in [-0.05, 0) is 25.7 Å². The lowest BCUT2D eigenvalue weighted by atomic mass is 9.81. The van der Waals surface area contributed by atoms with Crippen LogP contribution in [0.3, 0.4) is 0 Å². The van der Waals surface area contributed by atoms with E-state index in [0.29, 0.717) is 25.7 Å². The quantitative estimate of drug-likeness (QED) is 0.714. The molecule has 0 radical (unpaired) electrons. The van der Waals surface area contributed by atoms with Gasteiger partial charge in [0.25, 0.3) is 0 Å². The van der Waals surface area contributed by atoms with Gasteiger partial charge in [0.2, 0.25) is 11.8 Å². The summed E-state index contributed by atoms with van der Waals surface area (Å²) in [5.41, 5.74) is 0. The first-order chi connectivity index (χ1) is 6.69. The van der Waals surface area contributed by atoms with E-state index >= 15 is 0 Å². The molecule has 0 saturated heterocycles. The van der Waals surface area contributed by atoms with Crippen LogP contribution in [0.15, 0.2) is 0 Å². The first kappa shape index (κ1) is 11.6. The number of rotatable bonds is 2. The molecular formula is C8H12Cl2N2O2. The summed E-state index contributed by atoms with van der Waals surface area (Å²) < 4.78 is 0. The molecule has 0 aromatic heterocycles. The van der Waals surface area contributed by atoms with Crippen molar-refractivity contribution in [3.8, 4) is 0 Å². The molecule has 80 valence electrons. The van der Waals surface area contributed by atoms with E-state index in [4.69, 9.17) is 23.6 Å². The number of carbonyl (C=O) groups excluding carboxylic acids is 2. The highest BCUT2D eigenvalue weighted by molar-refractivity contribution is 6.22. The maximum absolute atomic E-state index is 11.1. The number of hydrogen-bond donors (Lipinski definition) is 2. The molecule has 1 rings (SSSR count). The Bertz CT molecular complexity index is 203. The Morgan fingerprint density at radius 2 is 1.14 bits per heavy atom. The normalized spacial score (nSPS) is 26.7. The summed E-state index contributed by atoms with van der Waals surface area (Å²) in [6, 6.07) is 0. The van der Waals surface area contributed by atoms with Crippen molar-refractivity contribution in [3.05, 3.63) is 0 Å². The van der Waals surface area contributed by atoms with Gasteiger partial charge in [0.05, 0.1) is 0 Å². The molecule has 0 bridgehead atoms. The van der Waals surface area contributed by atoms with Crippen LogP contribution < -0.4 is 9.67 Å². The maximum Gasteiger partial charge on any atom is 0.237 e. The second-order valence-corrected chi connectivity index (χ2v) is 3.84. The highest BCUT2D eigenvalue weighted by Crippen LogP contribution is 2.29. The highest BCUT2D eigenvalue weighted by atomic mass is 35.5. The molecule has 1 aliphatic rings. The average molecular weight is 239 g/mol. The third-order valence-electron chi connectivity index (χ3n) is 2.66. The van der Waals surface area contributed by atoms with Crippen LogP contribution in [0.1, 0.15) is 25.7 Å². The number of amides is 2. The standard InChI is InChI=1S/C8H12Cl2N2O2/c9-11-7(13)5-1-2-6(4-3-5)8(14)12-10/h5-6H,1-4H2,(H,11,13)(H,12,14). The van der Waals surface area contributed by atoms with Crippen LogP contribution in [0, 0.1) is 11.8 Å². The first-order valence-electron chi connectivity index (χ1n) is 4.50. The molecule has 1 saturated carbocycles. The topological polar surface area (TPSA) is 58.2 Å². The van der Waals surface area contributed by atoms with Gasteiger partial charge in [-0.3, -0.25) is 19.3 Å². The number of hydrogen-bond acceptors (Lipinski definition) is 2. The molecule has 0 aliphatic heterocycles. The number of carbonyl (C=O) groups is 2. The van der Waals surface area contributed by atoms with Gasteiger partial charge in [0, 0.05) is 35.4 Å². The molecule has 0 unspecified atom stereocenters. The molecule has 2 N–H and O–H groups in total. The molecular weight excluding hydrogens is 227 g/mol. The van der Waals surface area contributed by atoms with Crippen LogP contribution in [0.5, 0.6) is 0 Å². The Balaban J connectivity index is 2.38.